The standard InChI is InChI=1S/C12H15ClFNO2/c1-2-3-4-11(12(16)17)15-10-6-8(13)5-9(14)7-10/h5-7,11,15H,2-4H2,1H3,(H,16,17). The molecule has 0 aliphatic heterocycles. The van der Waals surface area contributed by atoms with Gasteiger partial charge in [-0.3, -0.25) is 0 Å². The van der Waals surface area contributed by atoms with Gasteiger partial charge in [-0.15, -0.1) is 0 Å². The Balaban J connectivity index is 2.74. The Labute approximate surface area is 105 Å². The van der Waals surface area contributed by atoms with Crippen LogP contribution in [0.4, 0.5) is 10.1 Å². The van der Waals surface area contributed by atoms with E-state index < -0.39 is 17.8 Å². The molecule has 0 saturated carbocycles. The van der Waals surface area contributed by atoms with E-state index in [1.165, 1.54) is 18.2 Å². The SMILES string of the molecule is CCCCC(Nc1cc(F)cc(Cl)c1)C(=O)O. The molecule has 0 aliphatic rings. The van der Waals surface area contributed by atoms with E-state index in [0.29, 0.717) is 12.1 Å². The van der Waals surface area contributed by atoms with Crippen molar-refractivity contribution in [3.8, 4) is 0 Å². The lowest BCUT2D eigenvalue weighted by Crippen LogP contribution is -2.29. The molecular formula is C12H15ClFNO2. The van der Waals surface area contributed by atoms with Gasteiger partial charge in [-0.1, -0.05) is 31.4 Å². The lowest BCUT2D eigenvalue weighted by Gasteiger charge is -2.15. The first-order valence-corrected chi connectivity index (χ1v) is 5.86. The molecule has 1 aromatic carbocycles. The smallest absolute Gasteiger partial charge is 0.326 e. The van der Waals surface area contributed by atoms with Crippen molar-refractivity contribution in [3.63, 3.8) is 0 Å². The van der Waals surface area contributed by atoms with E-state index in [0.717, 1.165) is 12.8 Å². The Morgan fingerprint density at radius 1 is 1.53 bits per heavy atom. The summed E-state index contributed by atoms with van der Waals surface area (Å²) in [5, 5.41) is 12.0. The van der Waals surface area contributed by atoms with Crippen molar-refractivity contribution >= 4 is 23.3 Å². The van der Waals surface area contributed by atoms with Crippen molar-refractivity contribution in [2.24, 2.45) is 0 Å². The molecule has 0 radical (unpaired) electrons. The number of aliphatic carboxylic acids is 1. The third kappa shape index (κ3) is 4.61. The van der Waals surface area contributed by atoms with Gasteiger partial charge in [0.25, 0.3) is 0 Å². The summed E-state index contributed by atoms with van der Waals surface area (Å²) in [6.45, 7) is 1.98. The van der Waals surface area contributed by atoms with E-state index >= 15 is 0 Å². The molecule has 0 heterocycles. The van der Waals surface area contributed by atoms with Crippen LogP contribution in [0.1, 0.15) is 26.2 Å². The topological polar surface area (TPSA) is 49.3 Å². The zero-order chi connectivity index (χ0) is 12.8. The summed E-state index contributed by atoms with van der Waals surface area (Å²) in [6, 6.07) is 3.20. The molecule has 1 aromatic rings. The molecule has 1 unspecified atom stereocenters. The Hall–Kier alpha value is -1.29. The summed E-state index contributed by atoms with van der Waals surface area (Å²) in [5.41, 5.74) is 0.388. The number of unbranched alkanes of at least 4 members (excludes halogenated alkanes) is 1. The summed E-state index contributed by atoms with van der Waals surface area (Å²) in [5.74, 6) is -1.43. The predicted octanol–water partition coefficient (Wildman–Crippen LogP) is 3.53. The van der Waals surface area contributed by atoms with Gasteiger partial charge in [0.05, 0.1) is 0 Å². The van der Waals surface area contributed by atoms with Crippen LogP contribution in [0.3, 0.4) is 0 Å². The summed E-state index contributed by atoms with van der Waals surface area (Å²) in [6.07, 6.45) is 2.21. The fraction of sp³-hybridized carbons (Fsp3) is 0.417. The molecule has 0 aliphatic carbocycles. The van der Waals surface area contributed by atoms with Crippen LogP contribution in [0, 0.1) is 5.82 Å². The largest absolute Gasteiger partial charge is 0.480 e. The normalized spacial score (nSPS) is 12.2. The predicted molar refractivity (Wildman–Crippen MR) is 66.0 cm³/mol. The van der Waals surface area contributed by atoms with Gasteiger partial charge >= 0.3 is 5.97 Å². The van der Waals surface area contributed by atoms with Gasteiger partial charge in [-0.2, -0.15) is 0 Å². The molecule has 5 heteroatoms. The van der Waals surface area contributed by atoms with Crippen molar-refractivity contribution in [2.45, 2.75) is 32.2 Å². The Morgan fingerprint density at radius 3 is 2.76 bits per heavy atom. The number of hydrogen-bond donors (Lipinski definition) is 2. The zero-order valence-electron chi connectivity index (χ0n) is 9.54. The number of anilines is 1. The molecule has 0 aromatic heterocycles. The molecule has 1 atom stereocenters. The number of nitrogens with one attached hydrogen (secondary N) is 1. The quantitative estimate of drug-likeness (QED) is 0.822. The van der Waals surface area contributed by atoms with Crippen molar-refractivity contribution in [2.75, 3.05) is 5.32 Å². The summed E-state index contributed by atoms with van der Waals surface area (Å²) < 4.78 is 13.1. The maximum Gasteiger partial charge on any atom is 0.326 e. The van der Waals surface area contributed by atoms with Crippen LogP contribution in [-0.4, -0.2) is 17.1 Å². The average Bonchev–Trinajstić information content (AvgIpc) is 2.22. The van der Waals surface area contributed by atoms with E-state index in [1.54, 1.807) is 0 Å². The highest BCUT2D eigenvalue weighted by molar-refractivity contribution is 6.30. The van der Waals surface area contributed by atoms with Crippen molar-refractivity contribution < 1.29 is 14.3 Å². The van der Waals surface area contributed by atoms with Gasteiger partial charge in [0.15, 0.2) is 0 Å². The first-order valence-electron chi connectivity index (χ1n) is 5.48. The van der Waals surface area contributed by atoms with Gasteiger partial charge in [0, 0.05) is 10.7 Å². The van der Waals surface area contributed by atoms with E-state index in [2.05, 4.69) is 5.32 Å². The minimum atomic E-state index is -0.946. The van der Waals surface area contributed by atoms with Gasteiger partial charge in [0.1, 0.15) is 11.9 Å². The number of carboxylic acids is 1. The van der Waals surface area contributed by atoms with Crippen molar-refractivity contribution in [3.05, 3.63) is 29.0 Å². The van der Waals surface area contributed by atoms with E-state index in [1.807, 2.05) is 6.92 Å². The second-order valence-corrected chi connectivity index (χ2v) is 4.27. The second-order valence-electron chi connectivity index (χ2n) is 3.84. The molecule has 0 saturated heterocycles. The molecule has 1 rings (SSSR count). The molecule has 0 spiro atoms. The van der Waals surface area contributed by atoms with Gasteiger partial charge in [-0.05, 0) is 24.6 Å². The third-order valence-electron chi connectivity index (χ3n) is 2.35. The van der Waals surface area contributed by atoms with Gasteiger partial charge in [-0.25, -0.2) is 9.18 Å². The van der Waals surface area contributed by atoms with Gasteiger partial charge in [0.2, 0.25) is 0 Å². The van der Waals surface area contributed by atoms with Crippen molar-refractivity contribution in [1.82, 2.24) is 0 Å². The van der Waals surface area contributed by atoms with E-state index in [9.17, 15) is 9.18 Å². The molecule has 0 fully saturated rings. The number of rotatable bonds is 6. The van der Waals surface area contributed by atoms with Crippen LogP contribution in [0.25, 0.3) is 0 Å². The number of halogens is 2. The molecule has 17 heavy (non-hydrogen) atoms. The van der Waals surface area contributed by atoms with Crippen LogP contribution in [0.5, 0.6) is 0 Å². The summed E-state index contributed by atoms with van der Waals surface area (Å²) >= 11 is 5.69. The fourth-order valence-electron chi connectivity index (χ4n) is 1.50. The van der Waals surface area contributed by atoms with Crippen LogP contribution in [0.15, 0.2) is 18.2 Å². The number of carbonyl (C=O) groups is 1. The van der Waals surface area contributed by atoms with E-state index in [4.69, 9.17) is 16.7 Å². The number of carboxylic acid groups (broad SMARTS) is 1. The molecule has 94 valence electrons. The number of hydrogen-bond acceptors (Lipinski definition) is 2. The minimum Gasteiger partial charge on any atom is -0.480 e. The minimum absolute atomic E-state index is 0.243. The van der Waals surface area contributed by atoms with Crippen LogP contribution >= 0.6 is 11.6 Å². The summed E-state index contributed by atoms with van der Waals surface area (Å²) in [7, 11) is 0. The molecular weight excluding hydrogens is 245 g/mol. The maximum atomic E-state index is 13.1. The van der Waals surface area contributed by atoms with Crippen LogP contribution < -0.4 is 5.32 Å². The number of benzene rings is 1. The first kappa shape index (κ1) is 13.8. The molecule has 0 bridgehead atoms. The monoisotopic (exact) mass is 259 g/mol. The van der Waals surface area contributed by atoms with Gasteiger partial charge < -0.3 is 10.4 Å². The second kappa shape index (κ2) is 6.45. The molecule has 2 N–H and O–H groups in total. The third-order valence-corrected chi connectivity index (χ3v) is 2.57. The lowest BCUT2D eigenvalue weighted by molar-refractivity contribution is -0.138. The average molecular weight is 260 g/mol. The Bertz CT molecular complexity index is 378. The molecule has 0 amide bonds. The Kier molecular flexibility index (Phi) is 5.22. The summed E-state index contributed by atoms with van der Waals surface area (Å²) in [4.78, 5) is 11.0. The zero-order valence-corrected chi connectivity index (χ0v) is 10.3. The van der Waals surface area contributed by atoms with Crippen LogP contribution in [-0.2, 0) is 4.79 Å². The highest BCUT2D eigenvalue weighted by Gasteiger charge is 2.16. The molecule has 3 nitrogen and oxygen atoms in total. The first-order chi connectivity index (χ1) is 8.02. The van der Waals surface area contributed by atoms with Crippen molar-refractivity contribution in [1.29, 1.82) is 0 Å². The Morgan fingerprint density at radius 2 is 2.24 bits per heavy atom. The fourth-order valence-corrected chi connectivity index (χ4v) is 1.73. The lowest BCUT2D eigenvalue weighted by atomic mass is 10.1. The highest BCUT2D eigenvalue weighted by Crippen LogP contribution is 2.19. The van der Waals surface area contributed by atoms with Crippen LogP contribution in [0.2, 0.25) is 5.02 Å². The highest BCUT2D eigenvalue weighted by atomic mass is 35.5. The maximum absolute atomic E-state index is 13.1. The van der Waals surface area contributed by atoms with E-state index in [-0.39, 0.29) is 5.02 Å².